The third kappa shape index (κ3) is 5.41. The van der Waals surface area contributed by atoms with Gasteiger partial charge in [-0.3, -0.25) is 9.59 Å². The highest BCUT2D eigenvalue weighted by Gasteiger charge is 2.23. The molecule has 2 N–H and O–H groups in total. The van der Waals surface area contributed by atoms with Crippen LogP contribution in [0.25, 0.3) is 11.1 Å². The fourth-order valence-electron chi connectivity index (χ4n) is 2.72. The third-order valence-electron chi connectivity index (χ3n) is 4.32. The molecule has 2 rings (SSSR count). The van der Waals surface area contributed by atoms with Crippen LogP contribution in [-0.2, 0) is 16.0 Å². The predicted molar refractivity (Wildman–Crippen MR) is 92.7 cm³/mol. The Bertz CT molecular complexity index is 722. The Labute approximate surface area is 145 Å². The minimum atomic E-state index is -0.977. The molecule has 2 aromatic rings. The summed E-state index contributed by atoms with van der Waals surface area (Å²) in [6.45, 7) is 1.52. The molecule has 0 aromatic heterocycles. The average Bonchev–Trinajstić information content (AvgIpc) is 2.59. The highest BCUT2D eigenvalue weighted by Crippen LogP contribution is 2.23. The van der Waals surface area contributed by atoms with Gasteiger partial charge in [0.2, 0.25) is 0 Å². The summed E-state index contributed by atoms with van der Waals surface area (Å²) < 4.78 is 13.0. The number of carbonyl (C=O) groups is 2. The van der Waals surface area contributed by atoms with Crippen molar-refractivity contribution in [2.75, 3.05) is 0 Å². The van der Waals surface area contributed by atoms with Gasteiger partial charge < -0.3 is 10.2 Å². The third-order valence-corrected chi connectivity index (χ3v) is 4.32. The molecule has 0 aliphatic heterocycles. The first kappa shape index (κ1) is 18.6. The van der Waals surface area contributed by atoms with Crippen molar-refractivity contribution in [2.24, 2.45) is 11.8 Å². The van der Waals surface area contributed by atoms with Crippen LogP contribution in [0.5, 0.6) is 0 Å². The van der Waals surface area contributed by atoms with Crippen LogP contribution >= 0.6 is 0 Å². The number of halogens is 1. The van der Waals surface area contributed by atoms with Crippen LogP contribution in [0.1, 0.15) is 25.3 Å². The molecule has 0 heterocycles. The van der Waals surface area contributed by atoms with Crippen LogP contribution in [0, 0.1) is 17.7 Å². The molecule has 0 aliphatic rings. The van der Waals surface area contributed by atoms with Gasteiger partial charge in [0, 0.05) is 0 Å². The number of hydrogen-bond donors (Lipinski definition) is 2. The van der Waals surface area contributed by atoms with Crippen LogP contribution in [0.2, 0.25) is 0 Å². The monoisotopic (exact) mass is 344 g/mol. The highest BCUT2D eigenvalue weighted by atomic mass is 19.1. The van der Waals surface area contributed by atoms with Crippen molar-refractivity contribution < 1.29 is 24.2 Å². The largest absolute Gasteiger partial charge is 0.481 e. The van der Waals surface area contributed by atoms with E-state index in [0.717, 1.165) is 16.7 Å². The van der Waals surface area contributed by atoms with E-state index in [2.05, 4.69) is 0 Å². The van der Waals surface area contributed by atoms with Gasteiger partial charge in [-0.05, 0) is 48.1 Å². The van der Waals surface area contributed by atoms with Crippen molar-refractivity contribution in [2.45, 2.75) is 26.2 Å². The normalized spacial score (nSPS) is 13.2. The van der Waals surface area contributed by atoms with E-state index < -0.39 is 23.8 Å². The SMILES string of the molecule is CC(C[C@@H](CCc1ccc(-c2ccc(F)cc2)cc1)C(=O)O)C(=O)O. The van der Waals surface area contributed by atoms with Crippen molar-refractivity contribution in [1.29, 1.82) is 0 Å². The fraction of sp³-hybridized carbons (Fsp3) is 0.300. The smallest absolute Gasteiger partial charge is 0.306 e. The predicted octanol–water partition coefficient (Wildman–Crippen LogP) is 4.24. The number of hydrogen-bond acceptors (Lipinski definition) is 2. The molecule has 0 aliphatic carbocycles. The molecule has 2 atom stereocenters. The van der Waals surface area contributed by atoms with Crippen LogP contribution in [0.4, 0.5) is 4.39 Å². The quantitative estimate of drug-likeness (QED) is 0.751. The topological polar surface area (TPSA) is 74.6 Å². The van der Waals surface area contributed by atoms with Crippen molar-refractivity contribution in [3.05, 3.63) is 59.9 Å². The van der Waals surface area contributed by atoms with E-state index in [9.17, 15) is 19.1 Å². The summed E-state index contributed by atoms with van der Waals surface area (Å²) in [4.78, 5) is 22.2. The van der Waals surface area contributed by atoms with Crippen LogP contribution < -0.4 is 0 Å². The molecule has 132 valence electrons. The van der Waals surface area contributed by atoms with Crippen LogP contribution in [0.15, 0.2) is 48.5 Å². The fourth-order valence-corrected chi connectivity index (χ4v) is 2.72. The molecule has 1 unspecified atom stereocenters. The molecular formula is C20H21FO4. The van der Waals surface area contributed by atoms with Crippen molar-refractivity contribution >= 4 is 11.9 Å². The summed E-state index contributed by atoms with van der Waals surface area (Å²) in [5.74, 6) is -3.58. The molecule has 5 heteroatoms. The lowest BCUT2D eigenvalue weighted by atomic mass is 9.90. The van der Waals surface area contributed by atoms with Crippen molar-refractivity contribution in [3.63, 3.8) is 0 Å². The zero-order chi connectivity index (χ0) is 18.4. The molecule has 2 aromatic carbocycles. The second kappa shape index (κ2) is 8.42. The van der Waals surface area contributed by atoms with E-state index in [-0.39, 0.29) is 12.2 Å². The molecule has 0 saturated heterocycles. The molecule has 0 spiro atoms. The van der Waals surface area contributed by atoms with Gasteiger partial charge in [-0.1, -0.05) is 43.3 Å². The van der Waals surface area contributed by atoms with E-state index in [0.29, 0.717) is 12.8 Å². The van der Waals surface area contributed by atoms with E-state index in [1.165, 1.54) is 19.1 Å². The molecule has 0 saturated carbocycles. The standard InChI is InChI=1S/C20H21FO4/c1-13(19(22)23)12-17(20(24)25)7-4-14-2-5-15(6-3-14)16-8-10-18(21)11-9-16/h2-3,5-6,8-11,13,17H,4,7,12H2,1H3,(H,22,23)(H,24,25)/t13?,17-/m1/s1. The number of rotatable bonds is 8. The Morgan fingerprint density at radius 1 is 0.920 bits per heavy atom. The number of aliphatic carboxylic acids is 2. The second-order valence-electron chi connectivity index (χ2n) is 6.25. The Morgan fingerprint density at radius 3 is 1.92 bits per heavy atom. The average molecular weight is 344 g/mol. The summed E-state index contributed by atoms with van der Waals surface area (Å²) in [6, 6.07) is 13.9. The minimum absolute atomic E-state index is 0.123. The first-order valence-electron chi connectivity index (χ1n) is 8.17. The summed E-state index contributed by atoms with van der Waals surface area (Å²) in [5.41, 5.74) is 2.85. The Balaban J connectivity index is 1.99. The number of carboxylic acids is 2. The van der Waals surface area contributed by atoms with Gasteiger partial charge in [-0.15, -0.1) is 0 Å². The van der Waals surface area contributed by atoms with E-state index in [1.54, 1.807) is 12.1 Å². The van der Waals surface area contributed by atoms with Crippen molar-refractivity contribution in [1.82, 2.24) is 0 Å². The maximum Gasteiger partial charge on any atom is 0.306 e. The van der Waals surface area contributed by atoms with Crippen LogP contribution in [-0.4, -0.2) is 22.2 Å². The molecular weight excluding hydrogens is 323 g/mol. The maximum absolute atomic E-state index is 13.0. The number of benzene rings is 2. The van der Waals surface area contributed by atoms with Gasteiger partial charge >= 0.3 is 11.9 Å². The van der Waals surface area contributed by atoms with Gasteiger partial charge in [-0.25, -0.2) is 4.39 Å². The lowest BCUT2D eigenvalue weighted by Gasteiger charge is -2.15. The highest BCUT2D eigenvalue weighted by molar-refractivity contribution is 5.73. The van der Waals surface area contributed by atoms with E-state index >= 15 is 0 Å². The van der Waals surface area contributed by atoms with Gasteiger partial charge in [-0.2, -0.15) is 0 Å². The van der Waals surface area contributed by atoms with Gasteiger partial charge in [0.15, 0.2) is 0 Å². The second-order valence-corrected chi connectivity index (χ2v) is 6.25. The molecule has 0 amide bonds. The first-order chi connectivity index (χ1) is 11.9. The van der Waals surface area contributed by atoms with Gasteiger partial charge in [0.05, 0.1) is 11.8 Å². The molecule has 0 radical (unpaired) electrons. The van der Waals surface area contributed by atoms with E-state index in [4.69, 9.17) is 5.11 Å². The van der Waals surface area contributed by atoms with Gasteiger partial charge in [0.25, 0.3) is 0 Å². The summed E-state index contributed by atoms with van der Waals surface area (Å²) in [7, 11) is 0. The van der Waals surface area contributed by atoms with Gasteiger partial charge in [0.1, 0.15) is 5.82 Å². The van der Waals surface area contributed by atoms with E-state index in [1.807, 2.05) is 24.3 Å². The maximum atomic E-state index is 13.0. The Hall–Kier alpha value is -2.69. The molecule has 0 fully saturated rings. The number of aryl methyl sites for hydroxylation is 1. The molecule has 4 nitrogen and oxygen atoms in total. The lowest BCUT2D eigenvalue weighted by molar-refractivity contribution is -0.145. The zero-order valence-electron chi connectivity index (χ0n) is 14.0. The summed E-state index contributed by atoms with van der Waals surface area (Å²) in [6.07, 6.45) is 1.08. The molecule has 0 bridgehead atoms. The summed E-state index contributed by atoms with van der Waals surface area (Å²) in [5, 5.41) is 18.2. The molecule has 25 heavy (non-hydrogen) atoms. The van der Waals surface area contributed by atoms with Crippen LogP contribution in [0.3, 0.4) is 0 Å². The number of carboxylic acid groups (broad SMARTS) is 2. The summed E-state index contributed by atoms with van der Waals surface area (Å²) >= 11 is 0. The lowest BCUT2D eigenvalue weighted by Crippen LogP contribution is -2.21. The van der Waals surface area contributed by atoms with Crippen molar-refractivity contribution in [3.8, 4) is 11.1 Å². The minimum Gasteiger partial charge on any atom is -0.481 e. The zero-order valence-corrected chi connectivity index (χ0v) is 14.0. The Kier molecular flexibility index (Phi) is 6.28. The Morgan fingerprint density at radius 2 is 1.44 bits per heavy atom. The first-order valence-corrected chi connectivity index (χ1v) is 8.17.